The molecule has 0 radical (unpaired) electrons. The minimum Gasteiger partial charge on any atom is -0.497 e. The molecule has 0 amide bonds. The van der Waals surface area contributed by atoms with Crippen LogP contribution in [0.5, 0.6) is 5.75 Å². The van der Waals surface area contributed by atoms with Crippen LogP contribution in [-0.4, -0.2) is 22.4 Å². The summed E-state index contributed by atoms with van der Waals surface area (Å²) in [6.07, 6.45) is 1.15. The molecule has 2 aromatic rings. The van der Waals surface area contributed by atoms with Gasteiger partial charge in [-0.3, -0.25) is 0 Å². The number of ether oxygens (including phenoxy) is 1. The van der Waals surface area contributed by atoms with Gasteiger partial charge in [-0.25, -0.2) is 0 Å². The third-order valence-electron chi connectivity index (χ3n) is 4.41. The average Bonchev–Trinajstić information content (AvgIpc) is 3.16. The monoisotopic (exact) mass is 372 g/mol. The van der Waals surface area contributed by atoms with E-state index in [1.807, 2.05) is 38.1 Å². The normalized spacial score (nSPS) is 13.1. The van der Waals surface area contributed by atoms with Gasteiger partial charge in [0.2, 0.25) is 0 Å². The Morgan fingerprint density at radius 2 is 1.81 bits per heavy atom. The molecule has 0 fully saturated rings. The third-order valence-corrected chi connectivity index (χ3v) is 4.41. The summed E-state index contributed by atoms with van der Waals surface area (Å²) < 4.78 is 10.5. The first-order valence-electron chi connectivity index (χ1n) is 9.08. The van der Waals surface area contributed by atoms with Crippen LogP contribution in [0.3, 0.4) is 0 Å². The van der Waals surface area contributed by atoms with Crippen molar-refractivity contribution in [2.45, 2.75) is 45.5 Å². The van der Waals surface area contributed by atoms with E-state index in [0.717, 1.165) is 16.9 Å². The molecule has 5 nitrogen and oxygen atoms in total. The highest BCUT2D eigenvalue weighted by molar-refractivity contribution is 5.29. The fourth-order valence-electron chi connectivity index (χ4n) is 2.69. The molecule has 3 N–H and O–H groups in total. The summed E-state index contributed by atoms with van der Waals surface area (Å²) in [7, 11) is 1.61. The molecule has 0 unspecified atom stereocenters. The van der Waals surface area contributed by atoms with Gasteiger partial charge < -0.3 is 24.5 Å². The number of rotatable bonds is 9. The minimum absolute atomic E-state index is 0.191. The lowest BCUT2D eigenvalue weighted by Gasteiger charge is -2.15. The largest absolute Gasteiger partial charge is 0.497 e. The minimum atomic E-state index is -0.794. The molecule has 0 aliphatic rings. The van der Waals surface area contributed by atoms with Crippen LogP contribution >= 0.6 is 0 Å². The number of aliphatic hydroxyl groups is 3. The Hall–Kier alpha value is -2.30. The zero-order valence-electron chi connectivity index (χ0n) is 16.1. The number of furan rings is 1. The van der Waals surface area contributed by atoms with Crippen LogP contribution in [0.4, 0.5) is 0 Å². The first-order chi connectivity index (χ1) is 12.9. The van der Waals surface area contributed by atoms with E-state index in [2.05, 4.69) is 5.73 Å². The molecule has 1 aromatic heterocycles. The fourth-order valence-corrected chi connectivity index (χ4v) is 2.69. The lowest BCUT2D eigenvalue weighted by atomic mass is 9.94. The second kappa shape index (κ2) is 10.1. The first-order valence-corrected chi connectivity index (χ1v) is 9.08. The summed E-state index contributed by atoms with van der Waals surface area (Å²) in [4.78, 5) is 0. The molecule has 0 bridgehead atoms. The second-order valence-corrected chi connectivity index (χ2v) is 6.74. The highest BCUT2D eigenvalue weighted by Gasteiger charge is 2.14. The van der Waals surface area contributed by atoms with E-state index in [9.17, 15) is 10.2 Å². The van der Waals surface area contributed by atoms with E-state index in [-0.39, 0.29) is 12.5 Å². The topological polar surface area (TPSA) is 83.1 Å². The van der Waals surface area contributed by atoms with E-state index in [4.69, 9.17) is 14.3 Å². The van der Waals surface area contributed by atoms with Crippen molar-refractivity contribution in [3.05, 3.63) is 70.9 Å². The summed E-state index contributed by atoms with van der Waals surface area (Å²) in [5.74, 6) is 1.81. The Balaban J connectivity index is 2.04. The standard InChI is InChI=1S/C22H28O5/c1-15(2)17(13-21(25)16-7-9-18(26-3)10-8-16)5-4-6-20(24)22-12-11-19(14-23)27-22/h4,7-12,15,20-21,23-25H,6,13-14H2,1-3H3/t5?,20-,21-/m1/s1. The molecule has 2 rings (SSSR count). The summed E-state index contributed by atoms with van der Waals surface area (Å²) in [5.41, 5.74) is 5.02. The summed E-state index contributed by atoms with van der Waals surface area (Å²) >= 11 is 0. The molecular weight excluding hydrogens is 344 g/mol. The Morgan fingerprint density at radius 3 is 2.37 bits per heavy atom. The number of benzene rings is 1. The van der Waals surface area contributed by atoms with Crippen LogP contribution in [0.2, 0.25) is 0 Å². The van der Waals surface area contributed by atoms with Gasteiger partial charge in [-0.15, -0.1) is 5.73 Å². The molecule has 0 saturated carbocycles. The molecule has 0 spiro atoms. The van der Waals surface area contributed by atoms with Gasteiger partial charge in [0.1, 0.15) is 30.0 Å². The lowest BCUT2D eigenvalue weighted by Crippen LogP contribution is -2.03. The molecule has 5 heteroatoms. The van der Waals surface area contributed by atoms with Gasteiger partial charge in [-0.2, -0.15) is 0 Å². The highest BCUT2D eigenvalue weighted by atomic mass is 16.5. The van der Waals surface area contributed by atoms with Crippen LogP contribution < -0.4 is 4.74 Å². The van der Waals surface area contributed by atoms with Crippen molar-refractivity contribution < 1.29 is 24.5 Å². The maximum absolute atomic E-state index is 10.5. The fraction of sp³-hybridized carbons (Fsp3) is 0.409. The van der Waals surface area contributed by atoms with Crippen molar-refractivity contribution in [3.63, 3.8) is 0 Å². The van der Waals surface area contributed by atoms with Crippen molar-refractivity contribution in [2.75, 3.05) is 7.11 Å². The van der Waals surface area contributed by atoms with E-state index in [1.165, 1.54) is 0 Å². The number of hydrogen-bond acceptors (Lipinski definition) is 5. The third kappa shape index (κ3) is 6.12. The Kier molecular flexibility index (Phi) is 7.89. The maximum atomic E-state index is 10.5. The zero-order chi connectivity index (χ0) is 19.8. The predicted molar refractivity (Wildman–Crippen MR) is 103 cm³/mol. The second-order valence-electron chi connectivity index (χ2n) is 6.74. The van der Waals surface area contributed by atoms with Crippen molar-refractivity contribution in [1.82, 2.24) is 0 Å². The van der Waals surface area contributed by atoms with Crippen LogP contribution in [0.15, 0.2) is 58.2 Å². The molecule has 0 aliphatic carbocycles. The van der Waals surface area contributed by atoms with Crippen LogP contribution in [-0.2, 0) is 6.61 Å². The Labute approximate surface area is 160 Å². The molecule has 1 heterocycles. The van der Waals surface area contributed by atoms with Crippen LogP contribution in [0.25, 0.3) is 0 Å². The highest BCUT2D eigenvalue weighted by Crippen LogP contribution is 2.26. The Morgan fingerprint density at radius 1 is 1.11 bits per heavy atom. The summed E-state index contributed by atoms with van der Waals surface area (Å²) in [6, 6.07) is 10.7. The van der Waals surface area contributed by atoms with Gasteiger partial charge in [0.15, 0.2) is 0 Å². The smallest absolute Gasteiger partial charge is 0.133 e. The summed E-state index contributed by atoms with van der Waals surface area (Å²) in [6.45, 7) is 3.91. The van der Waals surface area contributed by atoms with Crippen LogP contribution in [0.1, 0.15) is 56.0 Å². The predicted octanol–water partition coefficient (Wildman–Crippen LogP) is 4.07. The van der Waals surface area contributed by atoms with Gasteiger partial charge in [0, 0.05) is 12.8 Å². The molecule has 146 valence electrons. The Bertz CT molecular complexity index is 766. The average molecular weight is 372 g/mol. The molecule has 0 aliphatic heterocycles. The lowest BCUT2D eigenvalue weighted by molar-refractivity contribution is 0.145. The van der Waals surface area contributed by atoms with Crippen molar-refractivity contribution >= 4 is 0 Å². The van der Waals surface area contributed by atoms with E-state index in [0.29, 0.717) is 24.4 Å². The SMILES string of the molecule is COc1ccc([C@H](O)CC(=C=CC[C@@H](O)c2ccc(CO)o2)C(C)C)cc1. The van der Waals surface area contributed by atoms with Gasteiger partial charge >= 0.3 is 0 Å². The van der Waals surface area contributed by atoms with E-state index >= 15 is 0 Å². The van der Waals surface area contributed by atoms with Crippen molar-refractivity contribution in [3.8, 4) is 5.75 Å². The first kappa shape index (κ1) is 21.0. The maximum Gasteiger partial charge on any atom is 0.133 e. The van der Waals surface area contributed by atoms with Gasteiger partial charge in [-0.1, -0.05) is 26.0 Å². The van der Waals surface area contributed by atoms with E-state index < -0.39 is 12.2 Å². The van der Waals surface area contributed by atoms with Gasteiger partial charge in [0.25, 0.3) is 0 Å². The van der Waals surface area contributed by atoms with Crippen LogP contribution in [0, 0.1) is 5.92 Å². The van der Waals surface area contributed by atoms with Crippen molar-refractivity contribution in [1.29, 1.82) is 0 Å². The molecular formula is C22H28O5. The number of hydrogen-bond donors (Lipinski definition) is 3. The zero-order valence-corrected chi connectivity index (χ0v) is 16.1. The molecule has 2 atom stereocenters. The number of aliphatic hydroxyl groups excluding tert-OH is 3. The van der Waals surface area contributed by atoms with Gasteiger partial charge in [0.05, 0.1) is 13.2 Å². The molecule has 0 saturated heterocycles. The van der Waals surface area contributed by atoms with E-state index in [1.54, 1.807) is 25.3 Å². The summed E-state index contributed by atoms with van der Waals surface area (Å²) in [5, 5.41) is 29.7. The molecule has 27 heavy (non-hydrogen) atoms. The number of methoxy groups -OCH3 is 1. The van der Waals surface area contributed by atoms with Gasteiger partial charge in [-0.05, 0) is 47.4 Å². The quantitative estimate of drug-likeness (QED) is 0.578. The van der Waals surface area contributed by atoms with Crippen molar-refractivity contribution in [2.24, 2.45) is 5.92 Å². The molecule has 1 aromatic carbocycles.